The van der Waals surface area contributed by atoms with Gasteiger partial charge in [-0.3, -0.25) is 0 Å². The molecule has 0 saturated heterocycles. The molecule has 0 heterocycles. The second kappa shape index (κ2) is 15.6. The predicted molar refractivity (Wildman–Crippen MR) is 112 cm³/mol. The van der Waals surface area contributed by atoms with Crippen LogP contribution >= 0.6 is 0 Å². The molecule has 29 heavy (non-hydrogen) atoms. The fourth-order valence-corrected chi connectivity index (χ4v) is 2.33. The van der Waals surface area contributed by atoms with Crippen molar-refractivity contribution in [3.8, 4) is 0 Å². The first-order valence-electron chi connectivity index (χ1n) is 10.7. The summed E-state index contributed by atoms with van der Waals surface area (Å²) in [5.74, 6) is -0.646. The topological polar surface area (TPSA) is 80.3 Å². The molecule has 0 aromatic rings. The van der Waals surface area contributed by atoms with E-state index in [9.17, 15) is 9.59 Å². The number of esters is 2. The van der Waals surface area contributed by atoms with Crippen molar-refractivity contribution < 1.29 is 33.3 Å². The fraction of sp³-hybridized carbons (Fsp3) is 0.909. The second-order valence-corrected chi connectivity index (χ2v) is 9.01. The molecular formula is C22H42O7. The van der Waals surface area contributed by atoms with Gasteiger partial charge in [0.15, 0.2) is 0 Å². The van der Waals surface area contributed by atoms with Gasteiger partial charge >= 0.3 is 11.9 Å². The number of carbonyl (C=O) groups is 2. The van der Waals surface area contributed by atoms with Gasteiger partial charge < -0.3 is 23.7 Å². The Kier molecular flexibility index (Phi) is 15.0. The third kappa shape index (κ3) is 23.0. The Labute approximate surface area is 176 Å². The van der Waals surface area contributed by atoms with Gasteiger partial charge in [-0.1, -0.05) is 0 Å². The lowest BCUT2D eigenvalue weighted by Crippen LogP contribution is -2.26. The van der Waals surface area contributed by atoms with Crippen molar-refractivity contribution in [2.45, 2.75) is 91.3 Å². The highest BCUT2D eigenvalue weighted by Gasteiger charge is 2.16. The SMILES string of the molecule is CC(C)(C)OC(=O)COCCCCCOCCCCCOCC(=O)OC(C)(C)C. The number of hydrogen-bond donors (Lipinski definition) is 0. The van der Waals surface area contributed by atoms with Crippen LogP contribution in [-0.2, 0) is 33.3 Å². The van der Waals surface area contributed by atoms with Gasteiger partial charge in [0.05, 0.1) is 0 Å². The number of rotatable bonds is 16. The van der Waals surface area contributed by atoms with Gasteiger partial charge in [0, 0.05) is 26.4 Å². The normalized spacial score (nSPS) is 12.1. The molecule has 7 heteroatoms. The van der Waals surface area contributed by atoms with Gasteiger partial charge in [-0.25, -0.2) is 9.59 Å². The lowest BCUT2D eigenvalue weighted by molar-refractivity contribution is -0.161. The van der Waals surface area contributed by atoms with Crippen LogP contribution < -0.4 is 0 Å². The number of unbranched alkanes of at least 4 members (excludes halogenated alkanes) is 4. The van der Waals surface area contributed by atoms with Crippen molar-refractivity contribution in [2.24, 2.45) is 0 Å². The summed E-state index contributed by atoms with van der Waals surface area (Å²) in [6.45, 7) is 13.6. The Morgan fingerprint density at radius 3 is 1.14 bits per heavy atom. The summed E-state index contributed by atoms with van der Waals surface area (Å²) in [4.78, 5) is 22.9. The maximum Gasteiger partial charge on any atom is 0.332 e. The predicted octanol–water partition coefficient (Wildman–Crippen LogP) is 4.06. The molecule has 0 bridgehead atoms. The van der Waals surface area contributed by atoms with E-state index in [0.717, 1.165) is 51.7 Å². The molecule has 0 amide bonds. The minimum absolute atomic E-state index is 0.00918. The Hall–Kier alpha value is -1.18. The van der Waals surface area contributed by atoms with Crippen molar-refractivity contribution in [3.63, 3.8) is 0 Å². The van der Waals surface area contributed by atoms with Crippen LogP contribution in [0.25, 0.3) is 0 Å². The van der Waals surface area contributed by atoms with Gasteiger partial charge in [-0.05, 0) is 80.1 Å². The molecule has 0 aliphatic carbocycles. The van der Waals surface area contributed by atoms with E-state index in [-0.39, 0.29) is 25.2 Å². The number of ether oxygens (including phenoxy) is 5. The largest absolute Gasteiger partial charge is 0.458 e. The van der Waals surface area contributed by atoms with Crippen molar-refractivity contribution in [2.75, 3.05) is 39.6 Å². The van der Waals surface area contributed by atoms with E-state index < -0.39 is 11.2 Å². The molecule has 0 aliphatic heterocycles. The van der Waals surface area contributed by atoms with Crippen LogP contribution in [0.4, 0.5) is 0 Å². The molecule has 0 saturated carbocycles. The highest BCUT2D eigenvalue weighted by molar-refractivity contribution is 5.71. The van der Waals surface area contributed by atoms with Crippen molar-refractivity contribution in [1.29, 1.82) is 0 Å². The molecule has 0 spiro atoms. The van der Waals surface area contributed by atoms with Gasteiger partial charge in [0.1, 0.15) is 24.4 Å². The quantitative estimate of drug-likeness (QED) is 0.276. The van der Waals surface area contributed by atoms with Crippen molar-refractivity contribution in [1.82, 2.24) is 0 Å². The third-order valence-corrected chi connectivity index (χ3v) is 3.43. The Bertz CT molecular complexity index is 395. The molecule has 0 aliphatic rings. The minimum Gasteiger partial charge on any atom is -0.458 e. The average Bonchev–Trinajstić information content (AvgIpc) is 2.55. The number of hydrogen-bond acceptors (Lipinski definition) is 7. The van der Waals surface area contributed by atoms with Crippen LogP contribution in [0.3, 0.4) is 0 Å². The molecule has 0 rings (SSSR count). The molecule has 0 N–H and O–H groups in total. The molecular weight excluding hydrogens is 376 g/mol. The van der Waals surface area contributed by atoms with E-state index >= 15 is 0 Å². The minimum atomic E-state index is -0.467. The van der Waals surface area contributed by atoms with Crippen LogP contribution in [-0.4, -0.2) is 62.8 Å². The number of carbonyl (C=O) groups excluding carboxylic acids is 2. The highest BCUT2D eigenvalue weighted by atomic mass is 16.6. The zero-order chi connectivity index (χ0) is 22.2. The van der Waals surface area contributed by atoms with Gasteiger partial charge in [-0.2, -0.15) is 0 Å². The molecule has 172 valence electrons. The smallest absolute Gasteiger partial charge is 0.332 e. The van der Waals surface area contributed by atoms with E-state index in [4.69, 9.17) is 23.7 Å². The van der Waals surface area contributed by atoms with Crippen LogP contribution in [0.1, 0.15) is 80.1 Å². The van der Waals surface area contributed by atoms with Gasteiger partial charge in [-0.15, -0.1) is 0 Å². The van der Waals surface area contributed by atoms with E-state index in [1.165, 1.54) is 0 Å². The van der Waals surface area contributed by atoms with E-state index in [1.807, 2.05) is 41.5 Å². The maximum atomic E-state index is 11.5. The summed E-state index contributed by atoms with van der Waals surface area (Å²) in [6.07, 6.45) is 5.78. The molecule has 0 unspecified atom stereocenters. The second-order valence-electron chi connectivity index (χ2n) is 9.01. The monoisotopic (exact) mass is 418 g/mol. The summed E-state index contributed by atoms with van der Waals surface area (Å²) in [7, 11) is 0. The highest BCUT2D eigenvalue weighted by Crippen LogP contribution is 2.08. The molecule has 0 aromatic heterocycles. The molecule has 7 nitrogen and oxygen atoms in total. The summed E-state index contributed by atoms with van der Waals surface area (Å²) in [5, 5.41) is 0. The maximum absolute atomic E-state index is 11.5. The third-order valence-electron chi connectivity index (χ3n) is 3.43. The summed E-state index contributed by atoms with van der Waals surface area (Å²) in [5.41, 5.74) is -0.935. The Balaban J connectivity index is 3.26. The molecule has 0 aromatic carbocycles. The summed E-state index contributed by atoms with van der Waals surface area (Å²) in [6, 6.07) is 0. The summed E-state index contributed by atoms with van der Waals surface area (Å²) >= 11 is 0. The lowest BCUT2D eigenvalue weighted by atomic mass is 10.2. The Morgan fingerprint density at radius 2 is 0.828 bits per heavy atom. The zero-order valence-corrected chi connectivity index (χ0v) is 19.3. The Morgan fingerprint density at radius 1 is 0.517 bits per heavy atom. The van der Waals surface area contributed by atoms with E-state index in [0.29, 0.717) is 13.2 Å². The molecule has 0 radical (unpaired) electrons. The van der Waals surface area contributed by atoms with Crippen molar-refractivity contribution in [3.05, 3.63) is 0 Å². The summed E-state index contributed by atoms with van der Waals surface area (Å²) < 4.78 is 26.6. The van der Waals surface area contributed by atoms with Crippen LogP contribution in [0.2, 0.25) is 0 Å². The zero-order valence-electron chi connectivity index (χ0n) is 19.3. The average molecular weight is 419 g/mol. The fourth-order valence-electron chi connectivity index (χ4n) is 2.33. The van der Waals surface area contributed by atoms with Crippen LogP contribution in [0.5, 0.6) is 0 Å². The molecule has 0 atom stereocenters. The van der Waals surface area contributed by atoms with E-state index in [1.54, 1.807) is 0 Å². The van der Waals surface area contributed by atoms with Crippen LogP contribution in [0.15, 0.2) is 0 Å². The van der Waals surface area contributed by atoms with Crippen LogP contribution in [0, 0.1) is 0 Å². The van der Waals surface area contributed by atoms with Gasteiger partial charge in [0.25, 0.3) is 0 Å². The molecule has 0 fully saturated rings. The first-order valence-corrected chi connectivity index (χ1v) is 10.7. The first-order chi connectivity index (χ1) is 13.5. The standard InChI is InChI=1S/C22H42O7/c1-21(2,3)28-19(23)17-26-15-11-7-9-13-25-14-10-8-12-16-27-18-20(24)29-22(4,5)6/h7-18H2,1-6H3. The van der Waals surface area contributed by atoms with Gasteiger partial charge in [0.2, 0.25) is 0 Å². The lowest BCUT2D eigenvalue weighted by Gasteiger charge is -2.19. The van der Waals surface area contributed by atoms with E-state index in [2.05, 4.69) is 0 Å². The van der Waals surface area contributed by atoms with Crippen molar-refractivity contribution >= 4 is 11.9 Å². The first kappa shape index (κ1) is 27.8.